The van der Waals surface area contributed by atoms with Crippen LogP contribution >= 0.6 is 15.9 Å². The average molecular weight is 351 g/mol. The molecular formula is C13H15BrN6O. The van der Waals surface area contributed by atoms with Crippen LogP contribution in [0.25, 0.3) is 22.2 Å². The second kappa shape index (κ2) is 5.82. The van der Waals surface area contributed by atoms with Crippen LogP contribution in [0.3, 0.4) is 0 Å². The highest BCUT2D eigenvalue weighted by atomic mass is 79.9. The van der Waals surface area contributed by atoms with Crippen molar-refractivity contribution in [3.05, 3.63) is 23.1 Å². The Balaban J connectivity index is 1.99. The summed E-state index contributed by atoms with van der Waals surface area (Å²) in [6.07, 6.45) is 3.52. The van der Waals surface area contributed by atoms with Gasteiger partial charge in [0.05, 0.1) is 29.2 Å². The first kappa shape index (κ1) is 14.0. The summed E-state index contributed by atoms with van der Waals surface area (Å²) in [5.74, 6) is 0.705. The summed E-state index contributed by atoms with van der Waals surface area (Å²) < 4.78 is 8.27. The predicted octanol–water partition coefficient (Wildman–Crippen LogP) is 1.72. The summed E-state index contributed by atoms with van der Waals surface area (Å²) in [4.78, 5) is 4.45. The number of hydrogen-bond donors (Lipinski definition) is 2. The van der Waals surface area contributed by atoms with Gasteiger partial charge in [0.2, 0.25) is 5.88 Å². The number of aromatic nitrogens is 5. The molecule has 0 aliphatic rings. The first-order valence-corrected chi connectivity index (χ1v) is 7.29. The number of nitrogens with one attached hydrogen (secondary N) is 2. The van der Waals surface area contributed by atoms with E-state index in [1.807, 2.05) is 20.2 Å². The molecule has 0 amide bonds. The van der Waals surface area contributed by atoms with E-state index in [2.05, 4.69) is 41.5 Å². The van der Waals surface area contributed by atoms with Crippen LogP contribution < -0.4 is 10.1 Å². The van der Waals surface area contributed by atoms with Gasteiger partial charge in [-0.25, -0.2) is 4.68 Å². The first-order chi connectivity index (χ1) is 10.2. The molecule has 7 nitrogen and oxygen atoms in total. The van der Waals surface area contributed by atoms with E-state index in [4.69, 9.17) is 4.74 Å². The van der Waals surface area contributed by atoms with E-state index in [1.54, 1.807) is 17.1 Å². The van der Waals surface area contributed by atoms with Crippen LogP contribution in [0, 0.1) is 0 Å². The maximum Gasteiger partial charge on any atom is 0.221 e. The molecule has 0 aliphatic heterocycles. The fourth-order valence-electron chi connectivity index (χ4n) is 2.05. The lowest BCUT2D eigenvalue weighted by molar-refractivity contribution is 0.292. The molecule has 0 spiro atoms. The maximum absolute atomic E-state index is 5.79. The summed E-state index contributed by atoms with van der Waals surface area (Å²) in [5, 5.41) is 15.3. The van der Waals surface area contributed by atoms with Gasteiger partial charge >= 0.3 is 0 Å². The van der Waals surface area contributed by atoms with Crippen molar-refractivity contribution in [1.82, 2.24) is 30.3 Å². The number of nitrogens with zero attached hydrogens (tertiary/aromatic N) is 4. The lowest BCUT2D eigenvalue weighted by atomic mass is 10.2. The summed E-state index contributed by atoms with van der Waals surface area (Å²) in [7, 11) is 3.74. The fraction of sp³-hybridized carbons (Fsp3) is 0.308. The minimum atomic E-state index is 0.570. The first-order valence-electron chi connectivity index (χ1n) is 6.50. The number of aryl methyl sites for hydroxylation is 1. The van der Waals surface area contributed by atoms with Gasteiger partial charge in [-0.2, -0.15) is 10.2 Å². The van der Waals surface area contributed by atoms with Crippen molar-refractivity contribution in [3.63, 3.8) is 0 Å². The zero-order valence-electron chi connectivity index (χ0n) is 11.7. The van der Waals surface area contributed by atoms with Crippen molar-refractivity contribution >= 4 is 26.8 Å². The standard InChI is InChI=1S/C13H15BrN6O/c1-15-3-4-21-13-9(6-17-20(13)2)10-5-8-11(7-16-10)18-19-12(8)14/h5-7,15H,3-4H2,1-2H3,(H,18,19). The number of rotatable bonds is 5. The minimum absolute atomic E-state index is 0.570. The summed E-state index contributed by atoms with van der Waals surface area (Å²) >= 11 is 3.42. The zero-order valence-corrected chi connectivity index (χ0v) is 13.3. The highest BCUT2D eigenvalue weighted by molar-refractivity contribution is 9.10. The Bertz CT molecular complexity index is 765. The Morgan fingerprint density at radius 2 is 2.29 bits per heavy atom. The summed E-state index contributed by atoms with van der Waals surface area (Å²) in [5.41, 5.74) is 2.55. The van der Waals surface area contributed by atoms with Crippen LogP contribution in [0.1, 0.15) is 0 Å². The van der Waals surface area contributed by atoms with Gasteiger partial charge in [-0.1, -0.05) is 0 Å². The van der Waals surface area contributed by atoms with Crippen molar-refractivity contribution in [2.75, 3.05) is 20.2 Å². The third kappa shape index (κ3) is 2.64. The number of H-pyrrole nitrogens is 1. The van der Waals surface area contributed by atoms with Crippen LogP contribution in [0.4, 0.5) is 0 Å². The average Bonchev–Trinajstić information content (AvgIpc) is 3.04. The molecule has 0 atom stereocenters. The van der Waals surface area contributed by atoms with Crippen molar-refractivity contribution < 1.29 is 4.74 Å². The predicted molar refractivity (Wildman–Crippen MR) is 83.2 cm³/mol. The maximum atomic E-state index is 5.79. The number of ether oxygens (including phenoxy) is 1. The smallest absolute Gasteiger partial charge is 0.221 e. The number of likely N-dealkylation sites (N-methyl/N-ethyl adjacent to an activating group) is 1. The van der Waals surface area contributed by atoms with Crippen LogP contribution in [0.2, 0.25) is 0 Å². The van der Waals surface area contributed by atoms with Crippen molar-refractivity contribution in [2.24, 2.45) is 7.05 Å². The molecule has 0 unspecified atom stereocenters. The second-order valence-corrected chi connectivity index (χ2v) is 5.32. The van der Waals surface area contributed by atoms with E-state index in [-0.39, 0.29) is 0 Å². The van der Waals surface area contributed by atoms with Gasteiger partial charge in [-0.3, -0.25) is 10.1 Å². The van der Waals surface area contributed by atoms with Crippen LogP contribution in [-0.2, 0) is 7.05 Å². The van der Waals surface area contributed by atoms with Gasteiger partial charge in [-0.05, 0) is 29.0 Å². The lowest BCUT2D eigenvalue weighted by Gasteiger charge is -2.08. The lowest BCUT2D eigenvalue weighted by Crippen LogP contribution is -2.17. The van der Waals surface area contributed by atoms with Crippen molar-refractivity contribution in [2.45, 2.75) is 0 Å². The molecular weight excluding hydrogens is 336 g/mol. The van der Waals surface area contributed by atoms with E-state index in [1.165, 1.54) is 0 Å². The molecule has 0 aromatic carbocycles. The van der Waals surface area contributed by atoms with Crippen LogP contribution in [0.15, 0.2) is 23.1 Å². The van der Waals surface area contributed by atoms with Crippen LogP contribution in [-0.4, -0.2) is 45.2 Å². The molecule has 3 rings (SSSR count). The topological polar surface area (TPSA) is 80.7 Å². The Kier molecular flexibility index (Phi) is 3.89. The molecule has 0 aliphatic carbocycles. The molecule has 0 saturated heterocycles. The molecule has 8 heteroatoms. The third-order valence-corrected chi connectivity index (χ3v) is 3.76. The Morgan fingerprint density at radius 1 is 1.43 bits per heavy atom. The zero-order chi connectivity index (χ0) is 14.8. The van der Waals surface area contributed by atoms with E-state index in [9.17, 15) is 0 Å². The summed E-state index contributed by atoms with van der Waals surface area (Å²) in [6.45, 7) is 1.34. The van der Waals surface area contributed by atoms with Gasteiger partial charge in [-0.15, -0.1) is 0 Å². The molecule has 110 valence electrons. The fourth-order valence-corrected chi connectivity index (χ4v) is 2.47. The molecule has 3 aromatic rings. The van der Waals surface area contributed by atoms with E-state index < -0.39 is 0 Å². The van der Waals surface area contributed by atoms with Gasteiger partial charge in [0.25, 0.3) is 0 Å². The van der Waals surface area contributed by atoms with Crippen molar-refractivity contribution in [1.29, 1.82) is 0 Å². The Hall–Kier alpha value is -1.93. The number of fused-ring (bicyclic) bond motifs is 1. The summed E-state index contributed by atoms with van der Waals surface area (Å²) in [6, 6.07) is 1.96. The molecule has 0 radical (unpaired) electrons. The second-order valence-electron chi connectivity index (χ2n) is 4.57. The van der Waals surface area contributed by atoms with Gasteiger partial charge in [0, 0.05) is 19.0 Å². The SMILES string of the molecule is CNCCOc1c(-c2cc3c(Br)n[nH]c3cn2)cnn1C. The molecule has 0 bridgehead atoms. The van der Waals surface area contributed by atoms with E-state index in [0.29, 0.717) is 12.5 Å². The number of halogens is 1. The molecule has 0 saturated carbocycles. The molecule has 21 heavy (non-hydrogen) atoms. The number of aromatic amines is 1. The van der Waals surface area contributed by atoms with Crippen LogP contribution in [0.5, 0.6) is 5.88 Å². The number of hydrogen-bond acceptors (Lipinski definition) is 5. The van der Waals surface area contributed by atoms with Gasteiger partial charge < -0.3 is 10.1 Å². The minimum Gasteiger partial charge on any atom is -0.476 e. The quantitative estimate of drug-likeness (QED) is 0.684. The van der Waals surface area contributed by atoms with E-state index >= 15 is 0 Å². The normalized spacial score (nSPS) is 11.2. The number of pyridine rings is 1. The molecule has 3 aromatic heterocycles. The van der Waals surface area contributed by atoms with Gasteiger partial charge in [0.1, 0.15) is 11.2 Å². The van der Waals surface area contributed by atoms with E-state index in [0.717, 1.165) is 33.3 Å². The molecule has 2 N–H and O–H groups in total. The highest BCUT2D eigenvalue weighted by Crippen LogP contribution is 2.31. The Labute approximate surface area is 129 Å². The molecule has 3 heterocycles. The largest absolute Gasteiger partial charge is 0.476 e. The highest BCUT2D eigenvalue weighted by Gasteiger charge is 2.15. The third-order valence-electron chi connectivity index (χ3n) is 3.15. The van der Waals surface area contributed by atoms with Crippen molar-refractivity contribution in [3.8, 4) is 17.1 Å². The Morgan fingerprint density at radius 3 is 3.10 bits per heavy atom. The van der Waals surface area contributed by atoms with Gasteiger partial charge in [0.15, 0.2) is 0 Å². The monoisotopic (exact) mass is 350 g/mol. The molecule has 0 fully saturated rings.